The van der Waals surface area contributed by atoms with E-state index in [1.807, 2.05) is 0 Å². The van der Waals surface area contributed by atoms with Gasteiger partial charge in [-0.25, -0.2) is 4.79 Å². The average molecular weight is 216 g/mol. The molecule has 0 spiro atoms. The minimum Gasteiger partial charge on any atom is -0.465 e. The standard InChI is InChI=1S/C10H20N2O3/c1-15-6-5-12(10(13)14)8-9-3-2-4-11-7-9/h9,11H,2-8H2,1H3,(H,13,14). The smallest absolute Gasteiger partial charge is 0.407 e. The van der Waals surface area contributed by atoms with Crippen LogP contribution in [0, 0.1) is 5.92 Å². The Morgan fingerprint density at radius 2 is 2.47 bits per heavy atom. The van der Waals surface area contributed by atoms with E-state index in [1.165, 1.54) is 4.90 Å². The van der Waals surface area contributed by atoms with Gasteiger partial charge in [-0.3, -0.25) is 0 Å². The maximum atomic E-state index is 10.9. The van der Waals surface area contributed by atoms with Crippen LogP contribution in [0.25, 0.3) is 0 Å². The number of piperidine rings is 1. The van der Waals surface area contributed by atoms with E-state index in [1.54, 1.807) is 7.11 Å². The number of hydrogen-bond acceptors (Lipinski definition) is 3. The van der Waals surface area contributed by atoms with Gasteiger partial charge < -0.3 is 20.1 Å². The molecule has 88 valence electrons. The van der Waals surface area contributed by atoms with Crippen molar-refractivity contribution in [3.8, 4) is 0 Å². The van der Waals surface area contributed by atoms with E-state index in [0.717, 1.165) is 25.9 Å². The number of nitrogens with zero attached hydrogens (tertiary/aromatic N) is 1. The molecular formula is C10H20N2O3. The van der Waals surface area contributed by atoms with E-state index in [0.29, 0.717) is 25.6 Å². The second-order valence-corrected chi connectivity index (χ2v) is 3.93. The molecule has 1 unspecified atom stereocenters. The van der Waals surface area contributed by atoms with Crippen molar-refractivity contribution in [2.24, 2.45) is 5.92 Å². The summed E-state index contributed by atoms with van der Waals surface area (Å²) >= 11 is 0. The fraction of sp³-hybridized carbons (Fsp3) is 0.900. The molecule has 0 aromatic rings. The predicted octanol–water partition coefficient (Wildman–Crippen LogP) is 0.612. The zero-order valence-electron chi connectivity index (χ0n) is 9.24. The van der Waals surface area contributed by atoms with Gasteiger partial charge in [0.2, 0.25) is 0 Å². The average Bonchev–Trinajstić information content (AvgIpc) is 2.25. The van der Waals surface area contributed by atoms with Gasteiger partial charge in [0.1, 0.15) is 0 Å². The second kappa shape index (κ2) is 6.63. The van der Waals surface area contributed by atoms with Crippen molar-refractivity contribution >= 4 is 6.09 Å². The Labute approximate surface area is 90.4 Å². The van der Waals surface area contributed by atoms with Crippen molar-refractivity contribution in [1.29, 1.82) is 0 Å². The molecule has 1 aliphatic heterocycles. The summed E-state index contributed by atoms with van der Waals surface area (Å²) < 4.78 is 4.89. The van der Waals surface area contributed by atoms with Gasteiger partial charge in [-0.05, 0) is 31.8 Å². The maximum absolute atomic E-state index is 10.9. The van der Waals surface area contributed by atoms with E-state index in [-0.39, 0.29) is 0 Å². The largest absolute Gasteiger partial charge is 0.465 e. The lowest BCUT2D eigenvalue weighted by Gasteiger charge is -2.28. The van der Waals surface area contributed by atoms with Crippen LogP contribution >= 0.6 is 0 Å². The third-order valence-electron chi connectivity index (χ3n) is 2.71. The molecule has 0 saturated carbocycles. The normalized spacial score (nSPS) is 21.3. The lowest BCUT2D eigenvalue weighted by atomic mass is 9.99. The Balaban J connectivity index is 2.31. The predicted molar refractivity (Wildman–Crippen MR) is 57.1 cm³/mol. The number of ether oxygens (including phenoxy) is 1. The number of hydrogen-bond donors (Lipinski definition) is 2. The number of methoxy groups -OCH3 is 1. The van der Waals surface area contributed by atoms with Crippen LogP contribution in [-0.4, -0.2) is 56.0 Å². The third-order valence-corrected chi connectivity index (χ3v) is 2.71. The van der Waals surface area contributed by atoms with Crippen LogP contribution in [0.1, 0.15) is 12.8 Å². The van der Waals surface area contributed by atoms with Crippen LogP contribution in [0.2, 0.25) is 0 Å². The molecule has 1 heterocycles. The number of rotatable bonds is 5. The van der Waals surface area contributed by atoms with E-state index in [9.17, 15) is 4.79 Å². The zero-order chi connectivity index (χ0) is 11.1. The SMILES string of the molecule is COCCN(CC1CCCNC1)C(=O)O. The van der Waals surface area contributed by atoms with Crippen LogP contribution in [0.5, 0.6) is 0 Å². The Hall–Kier alpha value is -0.810. The van der Waals surface area contributed by atoms with Gasteiger partial charge in [-0.15, -0.1) is 0 Å². The number of amides is 1. The Bertz CT molecular complexity index is 193. The molecule has 1 rings (SSSR count). The topological polar surface area (TPSA) is 61.8 Å². The Morgan fingerprint density at radius 3 is 3.00 bits per heavy atom. The molecule has 0 aliphatic carbocycles. The second-order valence-electron chi connectivity index (χ2n) is 3.93. The Kier molecular flexibility index (Phi) is 5.42. The monoisotopic (exact) mass is 216 g/mol. The van der Waals surface area contributed by atoms with Crippen LogP contribution in [0.3, 0.4) is 0 Å². The summed E-state index contributed by atoms with van der Waals surface area (Å²) in [5.41, 5.74) is 0. The molecule has 0 aromatic carbocycles. The van der Waals surface area contributed by atoms with Crippen molar-refractivity contribution in [2.45, 2.75) is 12.8 Å². The molecule has 1 amide bonds. The molecule has 1 saturated heterocycles. The van der Waals surface area contributed by atoms with E-state index >= 15 is 0 Å². The summed E-state index contributed by atoms with van der Waals surface area (Å²) in [4.78, 5) is 12.4. The molecule has 0 aromatic heterocycles. The molecule has 0 bridgehead atoms. The zero-order valence-corrected chi connectivity index (χ0v) is 9.24. The first-order chi connectivity index (χ1) is 7.24. The van der Waals surface area contributed by atoms with Gasteiger partial charge in [0.05, 0.1) is 6.61 Å². The number of nitrogens with one attached hydrogen (secondary N) is 1. The molecular weight excluding hydrogens is 196 g/mol. The molecule has 1 atom stereocenters. The quantitative estimate of drug-likeness (QED) is 0.707. The molecule has 5 heteroatoms. The summed E-state index contributed by atoms with van der Waals surface area (Å²) in [6.45, 7) is 3.53. The minimum atomic E-state index is -0.849. The molecule has 5 nitrogen and oxygen atoms in total. The summed E-state index contributed by atoms with van der Waals surface area (Å²) in [5, 5.41) is 12.3. The first-order valence-corrected chi connectivity index (χ1v) is 5.41. The van der Waals surface area contributed by atoms with Gasteiger partial charge in [0.25, 0.3) is 0 Å². The summed E-state index contributed by atoms with van der Waals surface area (Å²) in [7, 11) is 1.59. The van der Waals surface area contributed by atoms with Crippen LogP contribution in [0.4, 0.5) is 4.79 Å². The molecule has 1 fully saturated rings. The van der Waals surface area contributed by atoms with E-state index in [2.05, 4.69) is 5.32 Å². The number of carbonyl (C=O) groups is 1. The van der Waals surface area contributed by atoms with Crippen molar-refractivity contribution < 1.29 is 14.6 Å². The summed E-state index contributed by atoms with van der Waals surface area (Å²) in [6, 6.07) is 0. The molecule has 0 radical (unpaired) electrons. The molecule has 2 N–H and O–H groups in total. The van der Waals surface area contributed by atoms with E-state index < -0.39 is 6.09 Å². The summed E-state index contributed by atoms with van der Waals surface area (Å²) in [5.74, 6) is 0.451. The highest BCUT2D eigenvalue weighted by atomic mass is 16.5. The first kappa shape index (κ1) is 12.3. The fourth-order valence-corrected chi connectivity index (χ4v) is 1.86. The van der Waals surface area contributed by atoms with Crippen molar-refractivity contribution in [1.82, 2.24) is 10.2 Å². The highest BCUT2D eigenvalue weighted by Gasteiger charge is 2.19. The highest BCUT2D eigenvalue weighted by Crippen LogP contribution is 2.11. The Morgan fingerprint density at radius 1 is 1.67 bits per heavy atom. The maximum Gasteiger partial charge on any atom is 0.407 e. The van der Waals surface area contributed by atoms with Gasteiger partial charge in [0.15, 0.2) is 0 Å². The van der Waals surface area contributed by atoms with Crippen LogP contribution in [0.15, 0.2) is 0 Å². The van der Waals surface area contributed by atoms with Gasteiger partial charge >= 0.3 is 6.09 Å². The van der Waals surface area contributed by atoms with Gasteiger partial charge in [-0.2, -0.15) is 0 Å². The van der Waals surface area contributed by atoms with Crippen molar-refractivity contribution in [2.75, 3.05) is 39.9 Å². The highest BCUT2D eigenvalue weighted by molar-refractivity contribution is 5.64. The minimum absolute atomic E-state index is 0.451. The fourth-order valence-electron chi connectivity index (χ4n) is 1.86. The number of carboxylic acid groups (broad SMARTS) is 1. The van der Waals surface area contributed by atoms with Gasteiger partial charge in [0, 0.05) is 20.2 Å². The third kappa shape index (κ3) is 4.48. The lowest BCUT2D eigenvalue weighted by Crippen LogP contribution is -2.41. The van der Waals surface area contributed by atoms with Crippen LogP contribution in [-0.2, 0) is 4.74 Å². The lowest BCUT2D eigenvalue weighted by molar-refractivity contribution is 0.107. The van der Waals surface area contributed by atoms with Crippen molar-refractivity contribution in [3.63, 3.8) is 0 Å². The van der Waals surface area contributed by atoms with Crippen molar-refractivity contribution in [3.05, 3.63) is 0 Å². The van der Waals surface area contributed by atoms with Crippen LogP contribution < -0.4 is 5.32 Å². The first-order valence-electron chi connectivity index (χ1n) is 5.41. The molecule has 15 heavy (non-hydrogen) atoms. The van der Waals surface area contributed by atoms with Gasteiger partial charge in [-0.1, -0.05) is 0 Å². The summed E-state index contributed by atoms with van der Waals surface area (Å²) in [6.07, 6.45) is 1.41. The van der Waals surface area contributed by atoms with E-state index in [4.69, 9.17) is 9.84 Å². The molecule has 1 aliphatic rings.